The molecular formula is C18H21FN2O4S2. The van der Waals surface area contributed by atoms with Crippen LogP contribution in [-0.4, -0.2) is 38.8 Å². The van der Waals surface area contributed by atoms with Crippen molar-refractivity contribution in [1.29, 1.82) is 0 Å². The second-order valence-corrected chi connectivity index (χ2v) is 9.64. The summed E-state index contributed by atoms with van der Waals surface area (Å²) >= 11 is 0.772. The number of aromatic nitrogens is 1. The van der Waals surface area contributed by atoms with Crippen molar-refractivity contribution in [3.63, 3.8) is 0 Å². The number of amides is 1. The van der Waals surface area contributed by atoms with Gasteiger partial charge in [-0.1, -0.05) is 23.5 Å². The summed E-state index contributed by atoms with van der Waals surface area (Å²) in [6, 6.07) is 6.36. The van der Waals surface area contributed by atoms with E-state index in [4.69, 9.17) is 4.74 Å². The van der Waals surface area contributed by atoms with Crippen molar-refractivity contribution in [3.05, 3.63) is 41.2 Å². The number of sulfone groups is 1. The topological polar surface area (TPSA) is 85.4 Å². The Balaban J connectivity index is 1.82. The molecule has 1 N–H and O–H groups in total. The van der Waals surface area contributed by atoms with E-state index in [2.05, 4.69) is 10.3 Å². The van der Waals surface area contributed by atoms with Gasteiger partial charge in [0.1, 0.15) is 0 Å². The molecule has 1 aromatic heterocycles. The lowest BCUT2D eigenvalue weighted by Crippen LogP contribution is -2.26. The molecule has 6 nitrogen and oxygen atoms in total. The summed E-state index contributed by atoms with van der Waals surface area (Å²) in [4.78, 5) is 16.9. The Bertz CT molecular complexity index is 890. The van der Waals surface area contributed by atoms with Crippen LogP contribution in [0.25, 0.3) is 0 Å². The molecule has 1 atom stereocenters. The standard InChI is InChI=1S/C18H21FN2O4S2/c1-27(23,24)14-4-2-13(3-5-14)15(10-12-6-8-25-9-7-12)17(22)21-18-20-11-16(19)26-18/h2-5,11-12,15H,6-10H2,1H3,(H,20,21,22). The number of halogens is 1. The summed E-state index contributed by atoms with van der Waals surface area (Å²) in [5, 5.41) is 2.42. The molecule has 146 valence electrons. The van der Waals surface area contributed by atoms with E-state index in [9.17, 15) is 17.6 Å². The van der Waals surface area contributed by atoms with E-state index < -0.39 is 20.9 Å². The molecule has 0 radical (unpaired) electrons. The number of carbonyl (C=O) groups excluding carboxylic acids is 1. The molecule has 1 amide bonds. The molecule has 0 aliphatic carbocycles. The fourth-order valence-electron chi connectivity index (χ4n) is 3.16. The summed E-state index contributed by atoms with van der Waals surface area (Å²) in [5.41, 5.74) is 0.725. The van der Waals surface area contributed by atoms with E-state index in [1.165, 1.54) is 12.1 Å². The van der Waals surface area contributed by atoms with Crippen molar-refractivity contribution in [2.75, 3.05) is 24.8 Å². The number of rotatable bonds is 6. The molecule has 0 saturated carbocycles. The minimum atomic E-state index is -3.31. The van der Waals surface area contributed by atoms with Crippen molar-refractivity contribution in [2.45, 2.75) is 30.1 Å². The van der Waals surface area contributed by atoms with Crippen LogP contribution in [0.4, 0.5) is 9.52 Å². The third kappa shape index (κ3) is 5.33. The predicted octanol–water partition coefficient (Wildman–Crippen LogP) is 3.22. The van der Waals surface area contributed by atoms with Crippen LogP contribution in [0, 0.1) is 11.0 Å². The van der Waals surface area contributed by atoms with Crippen molar-refractivity contribution in [2.24, 2.45) is 5.92 Å². The molecular weight excluding hydrogens is 391 g/mol. The highest BCUT2D eigenvalue weighted by Gasteiger charge is 2.27. The maximum Gasteiger partial charge on any atom is 0.233 e. The molecule has 1 saturated heterocycles. The van der Waals surface area contributed by atoms with Gasteiger partial charge in [-0.05, 0) is 42.9 Å². The van der Waals surface area contributed by atoms with Crippen LogP contribution in [0.2, 0.25) is 0 Å². The molecule has 9 heteroatoms. The highest BCUT2D eigenvalue weighted by molar-refractivity contribution is 7.90. The third-order valence-corrected chi connectivity index (χ3v) is 6.47. The molecule has 1 unspecified atom stereocenters. The van der Waals surface area contributed by atoms with E-state index >= 15 is 0 Å². The summed E-state index contributed by atoms with van der Waals surface area (Å²) in [5.74, 6) is -0.422. The first-order valence-corrected chi connectivity index (χ1v) is 11.3. The molecule has 2 aromatic rings. The Labute approximate surface area is 161 Å². The van der Waals surface area contributed by atoms with Crippen LogP contribution >= 0.6 is 11.3 Å². The SMILES string of the molecule is CS(=O)(=O)c1ccc(C(CC2CCOCC2)C(=O)Nc2ncc(F)s2)cc1. The van der Waals surface area contributed by atoms with Gasteiger partial charge in [-0.25, -0.2) is 13.4 Å². The van der Waals surface area contributed by atoms with Gasteiger partial charge in [0.25, 0.3) is 0 Å². The highest BCUT2D eigenvalue weighted by Crippen LogP contribution is 2.31. The Morgan fingerprint density at radius 1 is 1.33 bits per heavy atom. The van der Waals surface area contributed by atoms with E-state index in [-0.39, 0.29) is 15.9 Å². The maximum absolute atomic E-state index is 13.2. The minimum Gasteiger partial charge on any atom is -0.381 e. The molecule has 3 rings (SSSR count). The number of nitrogens with one attached hydrogen (secondary N) is 1. The molecule has 1 aliphatic rings. The van der Waals surface area contributed by atoms with Gasteiger partial charge in [0.15, 0.2) is 20.1 Å². The number of hydrogen-bond donors (Lipinski definition) is 1. The van der Waals surface area contributed by atoms with E-state index in [1.807, 2.05) is 0 Å². The Morgan fingerprint density at radius 2 is 2.00 bits per heavy atom. The fourth-order valence-corrected chi connectivity index (χ4v) is 4.34. The molecule has 0 bridgehead atoms. The Kier molecular flexibility index (Phi) is 6.23. The lowest BCUT2D eigenvalue weighted by atomic mass is 9.84. The average Bonchev–Trinajstić information content (AvgIpc) is 3.04. The summed E-state index contributed by atoms with van der Waals surface area (Å²) in [6.45, 7) is 1.34. The van der Waals surface area contributed by atoms with E-state index in [0.29, 0.717) is 25.6 Å². The lowest BCUT2D eigenvalue weighted by molar-refractivity contribution is -0.118. The molecule has 27 heavy (non-hydrogen) atoms. The number of nitrogens with zero attached hydrogens (tertiary/aromatic N) is 1. The van der Waals surface area contributed by atoms with Gasteiger partial charge in [-0.15, -0.1) is 0 Å². The largest absolute Gasteiger partial charge is 0.381 e. The summed E-state index contributed by atoms with van der Waals surface area (Å²) in [7, 11) is -3.31. The second-order valence-electron chi connectivity index (χ2n) is 6.64. The van der Waals surface area contributed by atoms with Crippen LogP contribution in [0.1, 0.15) is 30.7 Å². The van der Waals surface area contributed by atoms with Gasteiger partial charge in [0.2, 0.25) is 5.91 Å². The zero-order valence-electron chi connectivity index (χ0n) is 14.9. The maximum atomic E-state index is 13.2. The second kappa shape index (κ2) is 8.45. The van der Waals surface area contributed by atoms with Gasteiger partial charge in [0.05, 0.1) is 17.0 Å². The number of anilines is 1. The number of thiazole rings is 1. The Hall–Kier alpha value is -1.84. The van der Waals surface area contributed by atoms with Crippen LogP contribution < -0.4 is 5.32 Å². The molecule has 1 fully saturated rings. The highest BCUT2D eigenvalue weighted by atomic mass is 32.2. The van der Waals surface area contributed by atoms with Gasteiger partial charge in [-0.2, -0.15) is 4.39 Å². The van der Waals surface area contributed by atoms with Crippen molar-refractivity contribution >= 4 is 32.2 Å². The normalized spacial score (nSPS) is 16.8. The summed E-state index contributed by atoms with van der Waals surface area (Å²) in [6.07, 6.45) is 4.56. The van der Waals surface area contributed by atoms with E-state index in [0.717, 1.165) is 42.2 Å². The average molecular weight is 413 g/mol. The third-order valence-electron chi connectivity index (χ3n) is 4.64. The van der Waals surface area contributed by atoms with Gasteiger partial charge in [-0.3, -0.25) is 4.79 Å². The molecule has 1 aromatic carbocycles. The monoisotopic (exact) mass is 412 g/mol. The van der Waals surface area contributed by atoms with Crippen LogP contribution in [0.15, 0.2) is 35.4 Å². The number of benzene rings is 1. The zero-order valence-corrected chi connectivity index (χ0v) is 16.5. The summed E-state index contributed by atoms with van der Waals surface area (Å²) < 4.78 is 41.9. The van der Waals surface area contributed by atoms with Gasteiger partial charge >= 0.3 is 0 Å². The van der Waals surface area contributed by atoms with Crippen molar-refractivity contribution in [1.82, 2.24) is 4.98 Å². The van der Waals surface area contributed by atoms with Gasteiger partial charge < -0.3 is 10.1 Å². The van der Waals surface area contributed by atoms with E-state index in [1.54, 1.807) is 12.1 Å². The van der Waals surface area contributed by atoms with Gasteiger partial charge in [0, 0.05) is 19.5 Å². The lowest BCUT2D eigenvalue weighted by Gasteiger charge is -2.26. The zero-order chi connectivity index (χ0) is 19.4. The number of carbonyl (C=O) groups is 1. The first kappa shape index (κ1) is 19.9. The van der Waals surface area contributed by atoms with Crippen LogP contribution in [0.3, 0.4) is 0 Å². The Morgan fingerprint density at radius 3 is 2.56 bits per heavy atom. The predicted molar refractivity (Wildman–Crippen MR) is 101 cm³/mol. The molecule has 0 spiro atoms. The number of ether oxygens (including phenoxy) is 1. The first-order valence-electron chi connectivity index (χ1n) is 8.63. The minimum absolute atomic E-state index is 0.207. The first-order chi connectivity index (χ1) is 12.8. The number of hydrogen-bond acceptors (Lipinski definition) is 6. The van der Waals surface area contributed by atoms with Crippen molar-refractivity contribution in [3.8, 4) is 0 Å². The molecule has 1 aliphatic heterocycles. The quantitative estimate of drug-likeness (QED) is 0.787. The fraction of sp³-hybridized carbons (Fsp3) is 0.444. The molecule has 2 heterocycles. The van der Waals surface area contributed by atoms with Crippen LogP contribution in [-0.2, 0) is 19.4 Å². The van der Waals surface area contributed by atoms with Crippen LogP contribution in [0.5, 0.6) is 0 Å². The van der Waals surface area contributed by atoms with Crippen molar-refractivity contribution < 1.29 is 22.3 Å². The smallest absolute Gasteiger partial charge is 0.233 e.